The second kappa shape index (κ2) is 7.89. The van der Waals surface area contributed by atoms with Crippen LogP contribution < -0.4 is 4.74 Å². The van der Waals surface area contributed by atoms with E-state index in [0.717, 1.165) is 24.3 Å². The Morgan fingerprint density at radius 3 is 2.35 bits per heavy atom. The lowest BCUT2D eigenvalue weighted by Crippen LogP contribution is -2.13. The molecule has 0 aliphatic heterocycles. The average molecular weight is 363 g/mol. The Hall–Kier alpha value is -2.37. The van der Waals surface area contributed by atoms with Gasteiger partial charge in [-0.3, -0.25) is 0 Å². The fraction of sp³-hybridized carbons (Fsp3) is 0.400. The minimum atomic E-state index is -1.58. The fourth-order valence-electron chi connectivity index (χ4n) is 3.45. The monoisotopic (exact) mass is 363 g/mol. The molecule has 0 unspecified atom stereocenters. The molecule has 0 atom stereocenters. The molecule has 2 aromatic rings. The summed E-state index contributed by atoms with van der Waals surface area (Å²) >= 11 is 0. The Balaban J connectivity index is 1.67. The molecule has 1 fully saturated rings. The first-order chi connectivity index (χ1) is 12.5. The van der Waals surface area contributed by atoms with Gasteiger partial charge in [0.2, 0.25) is 0 Å². The summed E-state index contributed by atoms with van der Waals surface area (Å²) in [4.78, 5) is 14.8. The summed E-state index contributed by atoms with van der Waals surface area (Å²) in [6, 6.07) is 7.42. The molecule has 6 heteroatoms. The van der Waals surface area contributed by atoms with Gasteiger partial charge in [-0.25, -0.2) is 9.18 Å². The Morgan fingerprint density at radius 1 is 1.08 bits per heavy atom. The number of nitrogens with zero attached hydrogens (tertiary/aromatic N) is 1. The molecule has 1 heterocycles. The number of carbonyl (C=O) groups is 1. The molecule has 0 spiro atoms. The van der Waals surface area contributed by atoms with E-state index in [1.165, 1.54) is 19.3 Å². The highest BCUT2D eigenvalue weighted by molar-refractivity contribution is 5.91. The van der Waals surface area contributed by atoms with Crippen LogP contribution in [0.1, 0.15) is 60.9 Å². The van der Waals surface area contributed by atoms with Gasteiger partial charge in [0, 0.05) is 6.07 Å². The van der Waals surface area contributed by atoms with Gasteiger partial charge in [-0.2, -0.15) is 13.8 Å². The Bertz CT molecular complexity index is 784. The zero-order chi connectivity index (χ0) is 18.7. The highest BCUT2D eigenvalue weighted by Crippen LogP contribution is 2.37. The predicted molar refractivity (Wildman–Crippen MR) is 90.5 cm³/mol. The lowest BCUT2D eigenvalue weighted by atomic mass is 9.78. The molecule has 138 valence electrons. The van der Waals surface area contributed by atoms with Crippen molar-refractivity contribution in [2.45, 2.75) is 44.9 Å². The molecule has 26 heavy (non-hydrogen) atoms. The summed E-state index contributed by atoms with van der Waals surface area (Å²) in [5, 5.41) is 0. The van der Waals surface area contributed by atoms with Crippen LogP contribution in [0.5, 0.6) is 5.75 Å². The fourth-order valence-corrected chi connectivity index (χ4v) is 3.45. The van der Waals surface area contributed by atoms with Crippen LogP contribution in [0.2, 0.25) is 0 Å². The van der Waals surface area contributed by atoms with Gasteiger partial charge in [0.1, 0.15) is 0 Å². The molecule has 1 aliphatic rings. The summed E-state index contributed by atoms with van der Waals surface area (Å²) in [6.45, 7) is 2.22. The highest BCUT2D eigenvalue weighted by Gasteiger charge is 2.22. The quantitative estimate of drug-likeness (QED) is 0.539. The van der Waals surface area contributed by atoms with E-state index in [1.54, 1.807) is 12.1 Å². The van der Waals surface area contributed by atoms with Crippen molar-refractivity contribution in [3.63, 3.8) is 0 Å². The molecule has 3 nitrogen and oxygen atoms in total. The Kier molecular flexibility index (Phi) is 5.59. The predicted octanol–water partition coefficient (Wildman–Crippen LogP) is 5.40. The zero-order valence-corrected chi connectivity index (χ0v) is 14.5. The largest absolute Gasteiger partial charge is 0.418 e. The van der Waals surface area contributed by atoms with E-state index in [1.807, 2.05) is 12.1 Å². The van der Waals surface area contributed by atoms with Gasteiger partial charge in [-0.05, 0) is 55.2 Å². The maximum absolute atomic E-state index is 13.5. The smallest absolute Gasteiger partial charge is 0.343 e. The zero-order valence-electron chi connectivity index (χ0n) is 14.5. The molecule has 3 rings (SSSR count). The molecule has 1 aliphatic carbocycles. The number of carbonyl (C=O) groups excluding carboxylic acids is 1. The van der Waals surface area contributed by atoms with Gasteiger partial charge >= 0.3 is 5.97 Å². The third-order valence-electron chi connectivity index (χ3n) is 5.10. The van der Waals surface area contributed by atoms with Crippen LogP contribution >= 0.6 is 0 Å². The van der Waals surface area contributed by atoms with Crippen LogP contribution in [0.4, 0.5) is 13.2 Å². The number of esters is 1. The van der Waals surface area contributed by atoms with Crippen LogP contribution in [-0.4, -0.2) is 11.0 Å². The molecular formula is C20H20F3NO2. The van der Waals surface area contributed by atoms with E-state index in [2.05, 4.69) is 11.9 Å². The third-order valence-corrected chi connectivity index (χ3v) is 5.10. The van der Waals surface area contributed by atoms with Crippen molar-refractivity contribution in [1.29, 1.82) is 0 Å². The summed E-state index contributed by atoms with van der Waals surface area (Å²) in [5.41, 5.74) is 1.37. The van der Waals surface area contributed by atoms with Gasteiger partial charge in [-0.15, -0.1) is 0 Å². The van der Waals surface area contributed by atoms with Crippen LogP contribution in [0.15, 0.2) is 30.3 Å². The van der Waals surface area contributed by atoms with Crippen molar-refractivity contribution in [2.24, 2.45) is 5.92 Å². The maximum atomic E-state index is 13.5. The molecule has 0 saturated heterocycles. The molecule has 0 radical (unpaired) electrons. The first kappa shape index (κ1) is 18.4. The van der Waals surface area contributed by atoms with Gasteiger partial charge in [-0.1, -0.05) is 25.5 Å². The molecule has 1 aromatic heterocycles. The van der Waals surface area contributed by atoms with E-state index in [-0.39, 0.29) is 5.56 Å². The maximum Gasteiger partial charge on any atom is 0.343 e. The molecular weight excluding hydrogens is 343 g/mol. The van der Waals surface area contributed by atoms with Crippen molar-refractivity contribution in [3.8, 4) is 5.75 Å². The standard InChI is InChI=1S/C20H20F3NO2/c1-2-12-3-5-13(6-4-12)14-7-9-15(10-8-14)20(25)26-17-11-16(21)18(22)24-19(17)23/h7-13H,2-6H2,1H3/t12-,13-. The molecule has 0 amide bonds. The second-order valence-electron chi connectivity index (χ2n) is 6.69. The van der Waals surface area contributed by atoms with E-state index in [0.29, 0.717) is 12.0 Å². The highest BCUT2D eigenvalue weighted by atomic mass is 19.2. The van der Waals surface area contributed by atoms with Crippen LogP contribution in [0.3, 0.4) is 0 Å². The number of hydrogen-bond donors (Lipinski definition) is 0. The summed E-state index contributed by atoms with van der Waals surface area (Å²) in [7, 11) is 0. The van der Waals surface area contributed by atoms with Gasteiger partial charge in [0.05, 0.1) is 5.56 Å². The van der Waals surface area contributed by atoms with Crippen LogP contribution in [0, 0.1) is 23.6 Å². The number of aromatic nitrogens is 1. The van der Waals surface area contributed by atoms with Crippen LogP contribution in [0.25, 0.3) is 0 Å². The number of hydrogen-bond acceptors (Lipinski definition) is 3. The van der Waals surface area contributed by atoms with Gasteiger partial charge in [0.25, 0.3) is 11.9 Å². The van der Waals surface area contributed by atoms with E-state index < -0.39 is 29.4 Å². The molecule has 0 N–H and O–H groups in total. The number of ether oxygens (including phenoxy) is 1. The topological polar surface area (TPSA) is 39.2 Å². The summed E-state index contributed by atoms with van der Waals surface area (Å²) in [5.74, 6) is -4.64. The number of halogens is 3. The minimum absolute atomic E-state index is 0.208. The van der Waals surface area contributed by atoms with Crippen molar-refractivity contribution >= 4 is 5.97 Å². The molecule has 1 saturated carbocycles. The van der Waals surface area contributed by atoms with Crippen LogP contribution in [-0.2, 0) is 0 Å². The Morgan fingerprint density at radius 2 is 1.73 bits per heavy atom. The first-order valence-corrected chi connectivity index (χ1v) is 8.81. The SMILES string of the molecule is CC[C@H]1CC[C@H](c2ccc(C(=O)Oc3cc(F)c(F)nc3F)cc2)CC1. The van der Waals surface area contributed by atoms with Gasteiger partial charge in [0.15, 0.2) is 11.6 Å². The summed E-state index contributed by atoms with van der Waals surface area (Å²) in [6.07, 6.45) is 5.91. The van der Waals surface area contributed by atoms with Crippen molar-refractivity contribution in [2.75, 3.05) is 0 Å². The van der Waals surface area contributed by atoms with E-state index in [9.17, 15) is 18.0 Å². The first-order valence-electron chi connectivity index (χ1n) is 8.81. The van der Waals surface area contributed by atoms with Crippen molar-refractivity contribution in [1.82, 2.24) is 4.98 Å². The summed E-state index contributed by atoms with van der Waals surface area (Å²) < 4.78 is 44.2. The lowest BCUT2D eigenvalue weighted by Gasteiger charge is -2.28. The lowest BCUT2D eigenvalue weighted by molar-refractivity contribution is 0.0724. The number of pyridine rings is 1. The van der Waals surface area contributed by atoms with E-state index >= 15 is 0 Å². The van der Waals surface area contributed by atoms with Crippen molar-refractivity contribution < 1.29 is 22.7 Å². The Labute approximate surface area is 150 Å². The van der Waals surface area contributed by atoms with Crippen molar-refractivity contribution in [3.05, 3.63) is 59.2 Å². The average Bonchev–Trinajstić information content (AvgIpc) is 2.66. The second-order valence-corrected chi connectivity index (χ2v) is 6.69. The molecule has 0 bridgehead atoms. The van der Waals surface area contributed by atoms with E-state index in [4.69, 9.17) is 4.74 Å². The molecule has 1 aromatic carbocycles. The third kappa shape index (κ3) is 4.06. The number of benzene rings is 1. The normalized spacial score (nSPS) is 20.0. The minimum Gasteiger partial charge on any atom is -0.418 e. The van der Waals surface area contributed by atoms with Gasteiger partial charge < -0.3 is 4.74 Å². The number of rotatable bonds is 4.